The van der Waals surface area contributed by atoms with Crippen molar-refractivity contribution in [1.29, 1.82) is 0 Å². The fourth-order valence-corrected chi connectivity index (χ4v) is 16.1. The highest BCUT2D eigenvalue weighted by atomic mass is 28.3. The first-order valence-corrected chi connectivity index (χ1v) is 27.5. The first kappa shape index (κ1) is 44.0. The molecule has 75 heavy (non-hydrogen) atoms. The predicted molar refractivity (Wildman–Crippen MR) is 314 cm³/mol. The molecule has 5 heterocycles. The molecule has 14 aromatic rings. The summed E-state index contributed by atoms with van der Waals surface area (Å²) in [6.45, 7) is 0. The van der Waals surface area contributed by atoms with E-state index >= 15 is 0 Å². The first-order valence-electron chi connectivity index (χ1n) is 25.5. The molecule has 0 N–H and O–H groups in total. The highest BCUT2D eigenvalue weighted by Crippen LogP contribution is 2.44. The van der Waals surface area contributed by atoms with E-state index in [0.29, 0.717) is 0 Å². The summed E-state index contributed by atoms with van der Waals surface area (Å²) in [5.41, 5.74) is 13.4. The van der Waals surface area contributed by atoms with Gasteiger partial charge in [0.2, 0.25) is 8.07 Å². The van der Waals surface area contributed by atoms with E-state index in [-0.39, 0.29) is 0 Å². The van der Waals surface area contributed by atoms with E-state index in [9.17, 15) is 0 Å². The Morgan fingerprint density at radius 1 is 0.280 bits per heavy atom. The van der Waals surface area contributed by atoms with E-state index in [1.807, 2.05) is 12.1 Å². The van der Waals surface area contributed by atoms with Crippen LogP contribution in [-0.2, 0) is 0 Å². The molecule has 9 aromatic carbocycles. The standard InChI is InChI=1S/C69H47N5Si/c1-7-22-48(23-8-1)59-34-19-36-61(70-59)50-40-43-63-57(46-50)56-42-45-65-68(58-47-51(41-44-64(58)73(65)52-26-11-3-12-27-52)62-37-20-35-60(71-62)49-24-9-2-10-25-49)69(56)74(63)66-38-21-39-67(72-66)75(53-28-13-4-14-29-53,54-30-15-5-16-31-54)55-32-17-6-18-33-55/h1-47H. The lowest BCUT2D eigenvalue weighted by molar-refractivity contribution is 1.10. The maximum atomic E-state index is 5.99. The smallest absolute Gasteiger partial charge is 0.201 e. The van der Waals surface area contributed by atoms with Crippen molar-refractivity contribution in [2.24, 2.45) is 0 Å². The van der Waals surface area contributed by atoms with Crippen LogP contribution in [0.1, 0.15) is 0 Å². The van der Waals surface area contributed by atoms with Crippen molar-refractivity contribution in [3.05, 3.63) is 285 Å². The van der Waals surface area contributed by atoms with Crippen molar-refractivity contribution in [2.75, 3.05) is 0 Å². The monoisotopic (exact) mass is 973 g/mol. The molecule has 0 saturated heterocycles. The molecule has 0 spiro atoms. The number of hydrogen-bond acceptors (Lipinski definition) is 3. The second kappa shape index (κ2) is 18.4. The van der Waals surface area contributed by atoms with Gasteiger partial charge >= 0.3 is 0 Å². The van der Waals surface area contributed by atoms with E-state index < -0.39 is 8.07 Å². The zero-order valence-corrected chi connectivity index (χ0v) is 41.9. The lowest BCUT2D eigenvalue weighted by Gasteiger charge is -2.33. The molecule has 0 aliphatic heterocycles. The van der Waals surface area contributed by atoms with E-state index in [2.05, 4.69) is 282 Å². The van der Waals surface area contributed by atoms with Gasteiger partial charge in [0.25, 0.3) is 0 Å². The fourth-order valence-electron chi connectivity index (χ4n) is 11.5. The molecule has 0 aliphatic carbocycles. The third-order valence-electron chi connectivity index (χ3n) is 14.9. The summed E-state index contributed by atoms with van der Waals surface area (Å²) in [5, 5.41) is 9.39. The van der Waals surface area contributed by atoms with E-state index in [0.717, 1.165) is 105 Å². The highest BCUT2D eigenvalue weighted by Gasteiger charge is 2.43. The Morgan fingerprint density at radius 2 is 0.707 bits per heavy atom. The van der Waals surface area contributed by atoms with Crippen LogP contribution in [0.2, 0.25) is 0 Å². The molecule has 352 valence electrons. The van der Waals surface area contributed by atoms with Crippen LogP contribution in [0.5, 0.6) is 0 Å². The third-order valence-corrected chi connectivity index (χ3v) is 19.5. The summed E-state index contributed by atoms with van der Waals surface area (Å²) in [6.07, 6.45) is 0. The van der Waals surface area contributed by atoms with Crippen LogP contribution in [0.4, 0.5) is 0 Å². The van der Waals surface area contributed by atoms with Crippen LogP contribution in [-0.4, -0.2) is 32.2 Å². The Labute approximate surface area is 436 Å². The van der Waals surface area contributed by atoms with Gasteiger partial charge in [0.1, 0.15) is 5.82 Å². The molecular formula is C69H47N5Si. The Morgan fingerprint density at radius 3 is 1.23 bits per heavy atom. The number of hydrogen-bond donors (Lipinski definition) is 0. The summed E-state index contributed by atoms with van der Waals surface area (Å²) >= 11 is 0. The van der Waals surface area contributed by atoms with Crippen molar-refractivity contribution in [3.63, 3.8) is 0 Å². The normalized spacial score (nSPS) is 11.7. The molecule has 0 aliphatic rings. The van der Waals surface area contributed by atoms with Gasteiger partial charge in [0.15, 0.2) is 0 Å². The van der Waals surface area contributed by atoms with Crippen molar-refractivity contribution in [3.8, 4) is 56.5 Å². The van der Waals surface area contributed by atoms with Gasteiger partial charge in [-0.15, -0.1) is 0 Å². The summed E-state index contributed by atoms with van der Waals surface area (Å²) < 4.78 is 4.85. The average Bonchev–Trinajstić information content (AvgIpc) is 4.09. The Hall–Kier alpha value is -9.75. The van der Waals surface area contributed by atoms with E-state index in [4.69, 9.17) is 15.0 Å². The predicted octanol–water partition coefficient (Wildman–Crippen LogP) is 14.1. The minimum absolute atomic E-state index is 0.852. The molecule has 0 unspecified atom stereocenters. The first-order chi connectivity index (χ1) is 37.2. The lowest BCUT2D eigenvalue weighted by Crippen LogP contribution is -2.75. The quantitative estimate of drug-likeness (QED) is 0.101. The number of para-hydroxylation sites is 1. The zero-order chi connectivity index (χ0) is 49.7. The average molecular weight is 974 g/mol. The van der Waals surface area contributed by atoms with Crippen molar-refractivity contribution < 1.29 is 0 Å². The number of nitrogens with zero attached hydrogens (tertiary/aromatic N) is 5. The Balaban J connectivity index is 1.09. The van der Waals surface area contributed by atoms with Gasteiger partial charge in [-0.05, 0) is 94.4 Å². The van der Waals surface area contributed by atoms with E-state index in [1.54, 1.807) is 0 Å². The zero-order valence-electron chi connectivity index (χ0n) is 40.9. The Bertz CT molecular complexity index is 4290. The van der Waals surface area contributed by atoms with Gasteiger partial charge < -0.3 is 4.57 Å². The van der Waals surface area contributed by atoms with Crippen LogP contribution in [0.15, 0.2) is 285 Å². The summed E-state index contributed by atoms with van der Waals surface area (Å²) in [4.78, 5) is 16.5. The van der Waals surface area contributed by atoms with Crippen LogP contribution < -0.4 is 20.9 Å². The molecule has 0 bridgehead atoms. The van der Waals surface area contributed by atoms with Crippen molar-refractivity contribution in [1.82, 2.24) is 24.1 Å². The topological polar surface area (TPSA) is 48.5 Å². The lowest BCUT2D eigenvalue weighted by atomic mass is 10.0. The minimum Gasteiger partial charge on any atom is -0.309 e. The van der Waals surface area contributed by atoms with Gasteiger partial charge in [-0.25, -0.2) is 15.0 Å². The van der Waals surface area contributed by atoms with Crippen molar-refractivity contribution >= 4 is 72.6 Å². The molecule has 0 radical (unpaired) electrons. The molecule has 0 saturated carbocycles. The molecule has 0 fully saturated rings. The molecule has 0 atom stereocenters. The second-order valence-electron chi connectivity index (χ2n) is 19.1. The van der Waals surface area contributed by atoms with E-state index in [1.165, 1.54) is 15.6 Å². The Kier molecular flexibility index (Phi) is 10.8. The molecule has 0 amide bonds. The van der Waals surface area contributed by atoms with Crippen LogP contribution >= 0.6 is 0 Å². The van der Waals surface area contributed by atoms with Gasteiger partial charge in [-0.3, -0.25) is 4.57 Å². The maximum Gasteiger partial charge on any atom is 0.201 e. The van der Waals surface area contributed by atoms with Gasteiger partial charge in [-0.1, -0.05) is 206 Å². The van der Waals surface area contributed by atoms with Crippen molar-refractivity contribution in [2.45, 2.75) is 0 Å². The summed E-state index contributed by atoms with van der Waals surface area (Å²) in [6, 6.07) is 102. The summed E-state index contributed by atoms with van der Waals surface area (Å²) in [7, 11) is -3.02. The molecular weight excluding hydrogens is 927 g/mol. The number of benzene rings is 9. The van der Waals surface area contributed by atoms with Gasteiger partial charge in [-0.2, -0.15) is 0 Å². The number of pyridine rings is 3. The van der Waals surface area contributed by atoms with Crippen LogP contribution in [0.3, 0.4) is 0 Å². The van der Waals surface area contributed by atoms with Crippen LogP contribution in [0, 0.1) is 0 Å². The number of aromatic nitrogens is 5. The number of fused-ring (bicyclic) bond motifs is 7. The largest absolute Gasteiger partial charge is 0.309 e. The fraction of sp³-hybridized carbons (Fsp3) is 0. The third kappa shape index (κ3) is 7.41. The molecule has 5 aromatic heterocycles. The second-order valence-corrected chi connectivity index (χ2v) is 22.8. The van der Waals surface area contributed by atoms with Crippen LogP contribution in [0.25, 0.3) is 100 Å². The molecule has 6 heteroatoms. The van der Waals surface area contributed by atoms with Gasteiger partial charge in [0, 0.05) is 54.8 Å². The number of rotatable bonds is 10. The molecule has 14 rings (SSSR count). The summed E-state index contributed by atoms with van der Waals surface area (Å²) in [5.74, 6) is 0.852. The minimum atomic E-state index is -3.02. The van der Waals surface area contributed by atoms with Gasteiger partial charge in [0.05, 0.1) is 44.8 Å². The highest BCUT2D eigenvalue weighted by molar-refractivity contribution is 7.19. The molecule has 5 nitrogen and oxygen atoms in total. The maximum absolute atomic E-state index is 5.99. The SMILES string of the molecule is c1ccc(-c2cccc(-c3ccc4c(c3)c3c(ccc5c6cc(-c7cccc(-c8ccccc8)n7)ccc6n(-c6cccc([Si](c7ccccc7)(c7ccccc7)c7ccccc7)n6)c53)n4-c3ccccc3)n2)cc1.